The summed E-state index contributed by atoms with van der Waals surface area (Å²) in [7, 11) is 1.61. The van der Waals surface area contributed by atoms with E-state index < -0.39 is 6.04 Å². The van der Waals surface area contributed by atoms with E-state index in [0.29, 0.717) is 37.5 Å². The number of nitrogens with zero attached hydrogens (tertiary/aromatic N) is 2. The number of likely N-dealkylation sites (tertiary alicyclic amines) is 1. The van der Waals surface area contributed by atoms with Crippen molar-refractivity contribution >= 4 is 23.6 Å². The number of piperidine rings is 1. The molecule has 10 nitrogen and oxygen atoms in total. The highest BCUT2D eigenvalue weighted by Crippen LogP contribution is 2.25. The second-order valence-corrected chi connectivity index (χ2v) is 10.0. The molecular weight excluding hydrogens is 500 g/mol. The number of hydrogen-bond acceptors (Lipinski definition) is 6. The summed E-state index contributed by atoms with van der Waals surface area (Å²) in [4.78, 5) is 52.7. The maximum Gasteiger partial charge on any atom is 0.239 e. The van der Waals surface area contributed by atoms with Crippen molar-refractivity contribution in [2.75, 3.05) is 33.2 Å². The van der Waals surface area contributed by atoms with Crippen LogP contribution >= 0.6 is 0 Å². The van der Waals surface area contributed by atoms with Crippen LogP contribution < -0.4 is 15.4 Å². The highest BCUT2D eigenvalue weighted by Gasteiger charge is 2.33. The Hall–Kier alpha value is -3.92. The molecule has 2 atom stereocenters. The molecule has 1 saturated heterocycles. The fourth-order valence-corrected chi connectivity index (χ4v) is 4.80. The number of amides is 4. The van der Waals surface area contributed by atoms with E-state index >= 15 is 0 Å². The monoisotopic (exact) mass is 536 g/mol. The molecule has 0 unspecified atom stereocenters. The predicted octanol–water partition coefficient (Wildman–Crippen LogP) is 2.01. The van der Waals surface area contributed by atoms with Crippen LogP contribution in [-0.4, -0.2) is 78.8 Å². The lowest BCUT2D eigenvalue weighted by molar-refractivity contribution is -0.138. The first-order valence-electron chi connectivity index (χ1n) is 13.3. The number of ether oxygens (including phenoxy) is 2. The first kappa shape index (κ1) is 28.1. The molecule has 2 N–H and O–H groups in total. The van der Waals surface area contributed by atoms with Crippen LogP contribution in [0.3, 0.4) is 0 Å². The third-order valence-corrected chi connectivity index (χ3v) is 6.89. The largest absolute Gasteiger partial charge is 0.457 e. The Kier molecular flexibility index (Phi) is 9.54. The van der Waals surface area contributed by atoms with Crippen LogP contribution in [0.15, 0.2) is 48.5 Å². The summed E-state index contributed by atoms with van der Waals surface area (Å²) in [5.41, 5.74) is 1.89. The Balaban J connectivity index is 1.51. The molecule has 0 spiro atoms. The lowest BCUT2D eigenvalue weighted by Gasteiger charge is -2.39. The number of hydrogen-bond donors (Lipinski definition) is 2. The van der Waals surface area contributed by atoms with Gasteiger partial charge in [0.2, 0.25) is 23.6 Å². The summed E-state index contributed by atoms with van der Waals surface area (Å²) >= 11 is 0. The van der Waals surface area contributed by atoms with Crippen molar-refractivity contribution in [3.05, 3.63) is 59.7 Å². The van der Waals surface area contributed by atoms with Crippen molar-refractivity contribution in [1.29, 1.82) is 0 Å². The predicted molar refractivity (Wildman–Crippen MR) is 144 cm³/mol. The number of carbonyl (C=O) groups is 4. The van der Waals surface area contributed by atoms with E-state index in [4.69, 9.17) is 9.47 Å². The van der Waals surface area contributed by atoms with E-state index in [-0.39, 0.29) is 62.2 Å². The zero-order chi connectivity index (χ0) is 27.8. The molecule has 0 radical (unpaired) electrons. The Bertz CT molecular complexity index is 1200. The van der Waals surface area contributed by atoms with Gasteiger partial charge in [-0.05, 0) is 48.2 Å². The van der Waals surface area contributed by atoms with E-state index in [9.17, 15) is 19.2 Å². The Labute approximate surface area is 228 Å². The Morgan fingerprint density at radius 2 is 1.77 bits per heavy atom. The van der Waals surface area contributed by atoms with Crippen LogP contribution in [0.5, 0.6) is 11.5 Å². The van der Waals surface area contributed by atoms with Crippen LogP contribution in [-0.2, 0) is 36.9 Å². The van der Waals surface area contributed by atoms with Gasteiger partial charge in [-0.3, -0.25) is 19.2 Å². The number of nitrogens with one attached hydrogen (secondary N) is 2. The molecule has 2 heterocycles. The minimum absolute atomic E-state index is 0.0935. The second-order valence-electron chi connectivity index (χ2n) is 10.0. The van der Waals surface area contributed by atoms with Crippen molar-refractivity contribution < 1.29 is 28.7 Å². The van der Waals surface area contributed by atoms with E-state index in [0.717, 1.165) is 11.1 Å². The van der Waals surface area contributed by atoms with Crippen LogP contribution in [0.25, 0.3) is 0 Å². The molecule has 1 fully saturated rings. The molecule has 4 rings (SSSR count). The zero-order valence-corrected chi connectivity index (χ0v) is 22.5. The van der Waals surface area contributed by atoms with Crippen molar-refractivity contribution in [1.82, 2.24) is 20.4 Å². The van der Waals surface area contributed by atoms with Crippen molar-refractivity contribution in [2.45, 2.75) is 51.4 Å². The average Bonchev–Trinajstić information content (AvgIpc) is 2.90. The molecule has 0 aliphatic carbocycles. The number of fused-ring (bicyclic) bond motifs is 5. The number of rotatable bonds is 3. The van der Waals surface area contributed by atoms with Gasteiger partial charge in [-0.1, -0.05) is 24.3 Å². The Morgan fingerprint density at radius 1 is 1.05 bits per heavy atom. The van der Waals surface area contributed by atoms with Gasteiger partial charge in [0.05, 0.1) is 25.3 Å². The molecule has 4 bridgehead atoms. The summed E-state index contributed by atoms with van der Waals surface area (Å²) in [6.45, 7) is 2.65. The van der Waals surface area contributed by atoms with Gasteiger partial charge in [0.25, 0.3) is 0 Å². The number of likely N-dealkylation sites (N-methyl/N-ethyl adjacent to an activating group) is 1. The molecule has 4 amide bonds. The van der Waals surface area contributed by atoms with Gasteiger partial charge in [0.15, 0.2) is 0 Å². The summed E-state index contributed by atoms with van der Waals surface area (Å²) in [5.74, 6) is 0.618. The Morgan fingerprint density at radius 3 is 2.51 bits per heavy atom. The molecule has 2 aliphatic heterocycles. The van der Waals surface area contributed by atoms with E-state index in [1.807, 2.05) is 48.5 Å². The van der Waals surface area contributed by atoms with Gasteiger partial charge in [-0.2, -0.15) is 0 Å². The minimum atomic E-state index is -0.447. The fraction of sp³-hybridized carbons (Fsp3) is 0.448. The lowest BCUT2D eigenvalue weighted by atomic mass is 10.0. The van der Waals surface area contributed by atoms with Gasteiger partial charge in [0, 0.05) is 46.4 Å². The van der Waals surface area contributed by atoms with Crippen molar-refractivity contribution in [2.24, 2.45) is 0 Å². The lowest BCUT2D eigenvalue weighted by Crippen LogP contribution is -2.58. The first-order chi connectivity index (χ1) is 18.8. The van der Waals surface area contributed by atoms with Gasteiger partial charge in [-0.25, -0.2) is 0 Å². The summed E-state index contributed by atoms with van der Waals surface area (Å²) in [6.07, 6.45) is 1.17. The third-order valence-electron chi connectivity index (χ3n) is 6.89. The summed E-state index contributed by atoms with van der Waals surface area (Å²) < 4.78 is 12.3. The van der Waals surface area contributed by atoms with Crippen LogP contribution in [0.4, 0.5) is 0 Å². The van der Waals surface area contributed by atoms with E-state index in [2.05, 4.69) is 10.6 Å². The second kappa shape index (κ2) is 13.2. The maximum absolute atomic E-state index is 13.0. The molecule has 0 aromatic heterocycles. The molecular formula is C29H36N4O6. The standard InChI is InChI=1S/C29H36N4O6/c1-20(34)30-13-11-29(37)33-14-12-26-25(17-33)31-27(35)18-32(2)28(36)10-9-21-5-3-7-23(15-21)39-24-8-4-6-22(16-24)19-38-26/h3-8,15-16,25-26H,9-14,17-19H2,1-2H3,(H,30,34)(H,31,35)/t25-,26+/m0/s1. The smallest absolute Gasteiger partial charge is 0.239 e. The molecule has 39 heavy (non-hydrogen) atoms. The quantitative estimate of drug-likeness (QED) is 0.620. The highest BCUT2D eigenvalue weighted by atomic mass is 16.5. The van der Waals surface area contributed by atoms with Gasteiger partial charge >= 0.3 is 0 Å². The SMILES string of the molecule is CC(=O)NCCC(=O)N1CC[C@H]2OCc3cccc(c3)Oc3cccc(c3)CCC(=O)N(C)CC(=O)N[C@H]2C1. The molecule has 2 aromatic carbocycles. The molecule has 10 heteroatoms. The summed E-state index contributed by atoms with van der Waals surface area (Å²) in [6, 6.07) is 14.8. The van der Waals surface area contributed by atoms with Gasteiger partial charge in [-0.15, -0.1) is 0 Å². The molecule has 2 aliphatic rings. The van der Waals surface area contributed by atoms with Crippen molar-refractivity contribution in [3.8, 4) is 11.5 Å². The van der Waals surface area contributed by atoms with E-state index in [1.165, 1.54) is 11.8 Å². The van der Waals surface area contributed by atoms with Gasteiger partial charge < -0.3 is 29.9 Å². The van der Waals surface area contributed by atoms with Crippen LogP contribution in [0.1, 0.15) is 37.3 Å². The number of aryl methyl sites for hydroxylation is 1. The number of benzene rings is 2. The minimum Gasteiger partial charge on any atom is -0.457 e. The van der Waals surface area contributed by atoms with Gasteiger partial charge in [0.1, 0.15) is 11.5 Å². The normalized spacial score (nSPS) is 20.6. The third kappa shape index (κ3) is 8.28. The fourth-order valence-electron chi connectivity index (χ4n) is 4.80. The average molecular weight is 537 g/mol. The number of carbonyl (C=O) groups excluding carboxylic acids is 4. The maximum atomic E-state index is 13.0. The van der Waals surface area contributed by atoms with Crippen LogP contribution in [0, 0.1) is 0 Å². The zero-order valence-electron chi connectivity index (χ0n) is 22.5. The van der Waals surface area contributed by atoms with Crippen molar-refractivity contribution in [3.63, 3.8) is 0 Å². The summed E-state index contributed by atoms with van der Waals surface area (Å²) in [5, 5.41) is 5.64. The van der Waals surface area contributed by atoms with E-state index in [1.54, 1.807) is 11.9 Å². The first-order valence-corrected chi connectivity index (χ1v) is 13.3. The molecule has 0 saturated carbocycles. The molecule has 208 valence electrons. The van der Waals surface area contributed by atoms with Crippen LogP contribution in [0.2, 0.25) is 0 Å². The highest BCUT2D eigenvalue weighted by molar-refractivity contribution is 5.85. The molecule has 2 aromatic rings. The topological polar surface area (TPSA) is 117 Å².